The normalized spacial score (nSPS) is 10.7. The summed E-state index contributed by atoms with van der Waals surface area (Å²) in [5.74, 6) is -0.105. The van der Waals surface area contributed by atoms with Crippen LogP contribution in [0.5, 0.6) is 0 Å². The number of nitrogens with zero attached hydrogens (tertiary/aromatic N) is 1. The van der Waals surface area contributed by atoms with Crippen molar-refractivity contribution in [2.75, 3.05) is 12.4 Å². The molecular weight excluding hydrogens is 328 g/mol. The van der Waals surface area contributed by atoms with Crippen LogP contribution in [0.15, 0.2) is 53.1 Å². The van der Waals surface area contributed by atoms with Gasteiger partial charge < -0.3 is 14.6 Å². The van der Waals surface area contributed by atoms with Gasteiger partial charge in [-0.15, -0.1) is 0 Å². The fraction of sp³-hybridized carbons (Fsp3) is 0.238. The van der Waals surface area contributed by atoms with Gasteiger partial charge in [0.05, 0.1) is 12.7 Å². The lowest BCUT2D eigenvalue weighted by atomic mass is 10.1. The van der Waals surface area contributed by atoms with Crippen LogP contribution < -0.4 is 5.32 Å². The zero-order chi connectivity index (χ0) is 18.7. The second kappa shape index (κ2) is 7.44. The zero-order valence-electron chi connectivity index (χ0n) is 15.2. The van der Waals surface area contributed by atoms with E-state index in [0.717, 1.165) is 27.7 Å². The maximum Gasteiger partial charge on any atom is 0.228 e. The number of aryl methyl sites for hydroxylation is 1. The first-order chi connectivity index (χ1) is 12.4. The fourth-order valence-corrected chi connectivity index (χ4v) is 2.84. The van der Waals surface area contributed by atoms with Gasteiger partial charge in [0.25, 0.3) is 0 Å². The first-order valence-corrected chi connectivity index (χ1v) is 8.49. The highest BCUT2D eigenvalue weighted by molar-refractivity contribution is 5.95. The van der Waals surface area contributed by atoms with Gasteiger partial charge in [0.1, 0.15) is 5.58 Å². The molecule has 0 unspecified atom stereocenters. The van der Waals surface area contributed by atoms with Gasteiger partial charge in [-0.3, -0.25) is 9.59 Å². The van der Waals surface area contributed by atoms with Gasteiger partial charge in [-0.25, -0.2) is 0 Å². The van der Waals surface area contributed by atoms with E-state index < -0.39 is 0 Å². The molecule has 0 spiro atoms. The van der Waals surface area contributed by atoms with Gasteiger partial charge >= 0.3 is 0 Å². The average molecular weight is 350 g/mol. The average Bonchev–Trinajstić information content (AvgIpc) is 2.96. The summed E-state index contributed by atoms with van der Waals surface area (Å²) in [5.41, 5.74) is 4.46. The molecule has 5 heteroatoms. The molecule has 26 heavy (non-hydrogen) atoms. The smallest absolute Gasteiger partial charge is 0.228 e. The van der Waals surface area contributed by atoms with Crippen LogP contribution in [-0.2, 0) is 22.6 Å². The van der Waals surface area contributed by atoms with E-state index >= 15 is 0 Å². The summed E-state index contributed by atoms with van der Waals surface area (Å²) in [5, 5.41) is 3.88. The molecule has 0 aliphatic heterocycles. The molecule has 1 N–H and O–H groups in total. The van der Waals surface area contributed by atoms with Gasteiger partial charge in [0, 0.05) is 37.2 Å². The number of nitrogens with one attached hydrogen (secondary N) is 1. The summed E-state index contributed by atoms with van der Waals surface area (Å²) in [6, 6.07) is 13.5. The Kier molecular flexibility index (Phi) is 5.07. The molecule has 0 aliphatic rings. The van der Waals surface area contributed by atoms with Crippen molar-refractivity contribution in [1.29, 1.82) is 0 Å². The summed E-state index contributed by atoms with van der Waals surface area (Å²) in [7, 11) is 1.75. The summed E-state index contributed by atoms with van der Waals surface area (Å²) in [6.45, 7) is 4.04. The quantitative estimate of drug-likeness (QED) is 0.759. The molecule has 0 radical (unpaired) electrons. The topological polar surface area (TPSA) is 62.6 Å². The molecule has 3 aromatic rings. The molecule has 0 fully saturated rings. The Labute approximate surface area is 152 Å². The van der Waals surface area contributed by atoms with Crippen molar-refractivity contribution in [3.63, 3.8) is 0 Å². The van der Waals surface area contributed by atoms with Crippen LogP contribution >= 0.6 is 0 Å². The molecule has 2 aromatic carbocycles. The minimum Gasteiger partial charge on any atom is -0.464 e. The van der Waals surface area contributed by atoms with Crippen LogP contribution in [0.1, 0.15) is 23.6 Å². The van der Waals surface area contributed by atoms with E-state index in [-0.39, 0.29) is 18.2 Å². The minimum absolute atomic E-state index is 0.00140. The van der Waals surface area contributed by atoms with E-state index in [4.69, 9.17) is 4.42 Å². The molecule has 5 nitrogen and oxygen atoms in total. The van der Waals surface area contributed by atoms with Crippen LogP contribution in [0.2, 0.25) is 0 Å². The van der Waals surface area contributed by atoms with Gasteiger partial charge in [-0.1, -0.05) is 24.3 Å². The third-order valence-corrected chi connectivity index (χ3v) is 4.33. The monoisotopic (exact) mass is 350 g/mol. The molecule has 3 rings (SSSR count). The van der Waals surface area contributed by atoms with E-state index in [1.54, 1.807) is 18.2 Å². The predicted octanol–water partition coefficient (Wildman–Crippen LogP) is 3.90. The Morgan fingerprint density at radius 2 is 1.96 bits per heavy atom. The summed E-state index contributed by atoms with van der Waals surface area (Å²) >= 11 is 0. The molecule has 0 aliphatic carbocycles. The van der Waals surface area contributed by atoms with Gasteiger partial charge in [0.15, 0.2) is 0 Å². The number of amides is 2. The Bertz CT molecular complexity index is 959. The Morgan fingerprint density at radius 1 is 1.15 bits per heavy atom. The van der Waals surface area contributed by atoms with E-state index in [9.17, 15) is 9.59 Å². The molecule has 0 bridgehead atoms. The van der Waals surface area contributed by atoms with Gasteiger partial charge in [-0.05, 0) is 36.2 Å². The number of fused-ring (bicyclic) bond motifs is 1. The number of anilines is 1. The molecule has 0 saturated heterocycles. The molecule has 1 heterocycles. The fourth-order valence-electron chi connectivity index (χ4n) is 2.84. The van der Waals surface area contributed by atoms with Crippen molar-refractivity contribution >= 4 is 28.5 Å². The highest BCUT2D eigenvalue weighted by Crippen LogP contribution is 2.23. The number of hydrogen-bond acceptors (Lipinski definition) is 3. The molecule has 2 amide bonds. The van der Waals surface area contributed by atoms with Crippen LogP contribution in [0.4, 0.5) is 5.69 Å². The first kappa shape index (κ1) is 17.7. The van der Waals surface area contributed by atoms with Crippen molar-refractivity contribution in [3.05, 3.63) is 65.4 Å². The summed E-state index contributed by atoms with van der Waals surface area (Å²) in [6.07, 6.45) is 1.88. The number of carbonyl (C=O) groups excluding carboxylic acids is 2. The molecule has 0 saturated carbocycles. The third kappa shape index (κ3) is 4.11. The summed E-state index contributed by atoms with van der Waals surface area (Å²) < 4.78 is 5.55. The van der Waals surface area contributed by atoms with Crippen molar-refractivity contribution < 1.29 is 14.0 Å². The van der Waals surface area contributed by atoms with Crippen LogP contribution in [0.25, 0.3) is 11.0 Å². The van der Waals surface area contributed by atoms with Crippen LogP contribution in [-0.4, -0.2) is 23.8 Å². The number of hydrogen-bond donors (Lipinski definition) is 1. The molecule has 134 valence electrons. The number of furan rings is 1. The van der Waals surface area contributed by atoms with E-state index in [1.165, 1.54) is 6.92 Å². The highest BCUT2D eigenvalue weighted by atomic mass is 16.3. The van der Waals surface area contributed by atoms with Crippen molar-refractivity contribution in [3.8, 4) is 0 Å². The standard InChI is InChI=1S/C21H22N2O3/c1-14-7-8-19-17(13-26-20(19)9-14)11-21(25)22-18-6-4-5-16(10-18)12-23(3)15(2)24/h4-10,13H,11-12H2,1-3H3,(H,22,25). The van der Waals surface area contributed by atoms with E-state index in [1.807, 2.05) is 49.4 Å². The largest absolute Gasteiger partial charge is 0.464 e. The van der Waals surface area contributed by atoms with Crippen molar-refractivity contribution in [1.82, 2.24) is 4.90 Å². The van der Waals surface area contributed by atoms with E-state index in [0.29, 0.717) is 12.2 Å². The van der Waals surface area contributed by atoms with Crippen molar-refractivity contribution in [2.45, 2.75) is 26.8 Å². The maximum atomic E-state index is 12.4. The highest BCUT2D eigenvalue weighted by Gasteiger charge is 2.11. The Morgan fingerprint density at radius 3 is 2.73 bits per heavy atom. The molecule has 0 atom stereocenters. The third-order valence-electron chi connectivity index (χ3n) is 4.33. The van der Waals surface area contributed by atoms with Gasteiger partial charge in [0.2, 0.25) is 11.8 Å². The zero-order valence-corrected chi connectivity index (χ0v) is 15.2. The Balaban J connectivity index is 1.68. The lowest BCUT2D eigenvalue weighted by Crippen LogP contribution is -2.23. The first-order valence-electron chi connectivity index (χ1n) is 8.49. The van der Waals surface area contributed by atoms with Crippen molar-refractivity contribution in [2.24, 2.45) is 0 Å². The van der Waals surface area contributed by atoms with Crippen LogP contribution in [0.3, 0.4) is 0 Å². The van der Waals surface area contributed by atoms with Gasteiger partial charge in [-0.2, -0.15) is 0 Å². The lowest BCUT2D eigenvalue weighted by Gasteiger charge is -2.15. The predicted molar refractivity (Wildman–Crippen MR) is 102 cm³/mol. The second-order valence-electron chi connectivity index (χ2n) is 6.56. The molecular formula is C21H22N2O3. The number of carbonyl (C=O) groups is 2. The maximum absolute atomic E-state index is 12.4. The minimum atomic E-state index is -0.106. The summed E-state index contributed by atoms with van der Waals surface area (Å²) in [4.78, 5) is 25.4. The molecule has 1 aromatic heterocycles. The number of benzene rings is 2. The van der Waals surface area contributed by atoms with Crippen LogP contribution in [0, 0.1) is 6.92 Å². The lowest BCUT2D eigenvalue weighted by molar-refractivity contribution is -0.128. The second-order valence-corrected chi connectivity index (χ2v) is 6.56. The Hall–Kier alpha value is -3.08. The van der Waals surface area contributed by atoms with E-state index in [2.05, 4.69) is 5.32 Å². The number of rotatable bonds is 5. The SMILES string of the molecule is CC(=O)N(C)Cc1cccc(NC(=O)Cc2coc3cc(C)ccc23)c1.